The van der Waals surface area contributed by atoms with Crippen molar-refractivity contribution < 1.29 is 0 Å². The van der Waals surface area contributed by atoms with E-state index in [9.17, 15) is 0 Å². The van der Waals surface area contributed by atoms with Gasteiger partial charge in [0.05, 0.1) is 29.1 Å². The van der Waals surface area contributed by atoms with Crippen LogP contribution in [0.2, 0.25) is 0 Å². The van der Waals surface area contributed by atoms with E-state index in [-0.39, 0.29) is 6.04 Å². The van der Waals surface area contributed by atoms with Gasteiger partial charge >= 0.3 is 0 Å². The van der Waals surface area contributed by atoms with E-state index in [1.54, 1.807) is 0 Å². The van der Waals surface area contributed by atoms with Crippen LogP contribution < -0.4 is 5.73 Å². The zero-order chi connectivity index (χ0) is 15.4. The van der Waals surface area contributed by atoms with Gasteiger partial charge in [-0.15, -0.1) is 0 Å². The van der Waals surface area contributed by atoms with Gasteiger partial charge in [0.25, 0.3) is 0 Å². The lowest BCUT2D eigenvalue weighted by Crippen LogP contribution is -2.28. The summed E-state index contributed by atoms with van der Waals surface area (Å²) in [6.45, 7) is 0. The fourth-order valence-corrected chi connectivity index (χ4v) is 3.71. The van der Waals surface area contributed by atoms with Crippen LogP contribution in [-0.4, -0.2) is 31.4 Å². The Morgan fingerprint density at radius 3 is 2.96 bits per heavy atom. The lowest BCUT2D eigenvalue weighted by atomic mass is 9.84. The van der Waals surface area contributed by atoms with Crippen LogP contribution in [0.15, 0.2) is 30.7 Å². The number of H-pyrrole nitrogens is 2. The topological polar surface area (TPSA) is 96.3 Å². The predicted molar refractivity (Wildman–Crippen MR) is 89.0 cm³/mol. The summed E-state index contributed by atoms with van der Waals surface area (Å²) in [4.78, 5) is 4.94. The lowest BCUT2D eigenvalue weighted by molar-refractivity contribution is 0.579. The molecule has 4 aromatic rings. The van der Waals surface area contributed by atoms with E-state index in [0.717, 1.165) is 46.9 Å². The van der Waals surface area contributed by atoms with E-state index in [1.165, 1.54) is 16.5 Å². The molecule has 0 saturated heterocycles. The van der Waals surface area contributed by atoms with Crippen LogP contribution in [0.25, 0.3) is 33.1 Å². The molecule has 1 atom stereocenters. The second-order valence-corrected chi connectivity index (χ2v) is 6.20. The van der Waals surface area contributed by atoms with Crippen molar-refractivity contribution in [1.29, 1.82) is 0 Å². The largest absolute Gasteiger partial charge is 0.327 e. The zero-order valence-corrected chi connectivity index (χ0v) is 12.5. The van der Waals surface area contributed by atoms with Gasteiger partial charge in [-0.2, -0.15) is 10.2 Å². The molecule has 1 aromatic carbocycles. The Kier molecular flexibility index (Phi) is 2.57. The molecule has 0 saturated carbocycles. The molecular formula is C17H16N6. The van der Waals surface area contributed by atoms with Crippen LogP contribution >= 0.6 is 0 Å². The van der Waals surface area contributed by atoms with Gasteiger partial charge in [0, 0.05) is 28.6 Å². The number of hydrogen-bond acceptors (Lipinski definition) is 4. The maximum Gasteiger partial charge on any atom is 0.0776 e. The van der Waals surface area contributed by atoms with Crippen LogP contribution in [-0.2, 0) is 12.8 Å². The number of aromatic nitrogens is 5. The highest BCUT2D eigenvalue weighted by atomic mass is 15.1. The standard InChI is InChI=1S/C17H16N6/c18-10-1-2-11-12(5-10)17(9-6-19-20-7-9)22-15-4-3-14-13(16(11)15)8-21-23-14/h3-4,6-8,10H,1-2,5,18H2,(H,19,20)(H,21,23). The van der Waals surface area contributed by atoms with Crippen molar-refractivity contribution in [2.24, 2.45) is 5.73 Å². The molecule has 23 heavy (non-hydrogen) atoms. The molecule has 0 amide bonds. The average Bonchev–Trinajstić information content (AvgIpc) is 3.24. The molecule has 114 valence electrons. The molecule has 0 fully saturated rings. The van der Waals surface area contributed by atoms with Gasteiger partial charge in [-0.05, 0) is 42.5 Å². The van der Waals surface area contributed by atoms with Crippen LogP contribution in [0.3, 0.4) is 0 Å². The summed E-state index contributed by atoms with van der Waals surface area (Å²) in [5, 5.41) is 16.6. The number of aryl methyl sites for hydroxylation is 1. The zero-order valence-electron chi connectivity index (χ0n) is 12.5. The molecule has 6 nitrogen and oxygen atoms in total. The Hall–Kier alpha value is -2.73. The molecule has 4 N–H and O–H groups in total. The molecule has 0 spiro atoms. The second kappa shape index (κ2) is 4.63. The van der Waals surface area contributed by atoms with Crippen LogP contribution in [0.1, 0.15) is 17.5 Å². The molecule has 3 heterocycles. The van der Waals surface area contributed by atoms with Crippen molar-refractivity contribution in [3.63, 3.8) is 0 Å². The molecule has 1 aliphatic rings. The van der Waals surface area contributed by atoms with Gasteiger partial charge in [0.15, 0.2) is 0 Å². The number of nitrogens with two attached hydrogens (primary N) is 1. The van der Waals surface area contributed by atoms with E-state index in [4.69, 9.17) is 10.7 Å². The fourth-order valence-electron chi connectivity index (χ4n) is 3.71. The summed E-state index contributed by atoms with van der Waals surface area (Å²) in [5.74, 6) is 0. The van der Waals surface area contributed by atoms with Gasteiger partial charge in [-0.1, -0.05) is 0 Å². The van der Waals surface area contributed by atoms with E-state index >= 15 is 0 Å². The summed E-state index contributed by atoms with van der Waals surface area (Å²) in [6.07, 6.45) is 8.45. The van der Waals surface area contributed by atoms with E-state index in [2.05, 4.69) is 26.5 Å². The summed E-state index contributed by atoms with van der Waals surface area (Å²) < 4.78 is 0. The van der Waals surface area contributed by atoms with Crippen molar-refractivity contribution in [2.75, 3.05) is 0 Å². The van der Waals surface area contributed by atoms with Gasteiger partial charge in [-0.3, -0.25) is 10.2 Å². The molecular weight excluding hydrogens is 288 g/mol. The highest BCUT2D eigenvalue weighted by Crippen LogP contribution is 2.37. The number of pyridine rings is 1. The Bertz CT molecular complexity index is 1010. The highest BCUT2D eigenvalue weighted by Gasteiger charge is 2.24. The molecule has 3 aromatic heterocycles. The van der Waals surface area contributed by atoms with Crippen molar-refractivity contribution >= 4 is 21.8 Å². The van der Waals surface area contributed by atoms with Crippen LogP contribution in [0, 0.1) is 0 Å². The molecule has 5 rings (SSSR count). The van der Waals surface area contributed by atoms with Crippen molar-refractivity contribution in [1.82, 2.24) is 25.4 Å². The van der Waals surface area contributed by atoms with Crippen LogP contribution in [0.5, 0.6) is 0 Å². The Balaban J connectivity index is 1.93. The van der Waals surface area contributed by atoms with E-state index in [1.807, 2.05) is 24.7 Å². The minimum Gasteiger partial charge on any atom is -0.327 e. The van der Waals surface area contributed by atoms with Crippen molar-refractivity contribution in [3.8, 4) is 11.3 Å². The number of aromatic amines is 2. The third kappa shape index (κ3) is 1.82. The first-order valence-corrected chi connectivity index (χ1v) is 7.83. The molecule has 0 radical (unpaired) electrons. The number of nitrogens with zero attached hydrogens (tertiary/aromatic N) is 3. The van der Waals surface area contributed by atoms with Crippen molar-refractivity contribution in [2.45, 2.75) is 25.3 Å². The quantitative estimate of drug-likeness (QED) is 0.503. The average molecular weight is 304 g/mol. The summed E-state index contributed by atoms with van der Waals surface area (Å²) >= 11 is 0. The third-order valence-electron chi connectivity index (χ3n) is 4.79. The van der Waals surface area contributed by atoms with E-state index in [0.29, 0.717) is 0 Å². The van der Waals surface area contributed by atoms with Crippen LogP contribution in [0.4, 0.5) is 0 Å². The lowest BCUT2D eigenvalue weighted by Gasteiger charge is -2.25. The van der Waals surface area contributed by atoms with Gasteiger partial charge in [-0.25, -0.2) is 4.98 Å². The maximum atomic E-state index is 6.24. The smallest absolute Gasteiger partial charge is 0.0776 e. The molecule has 1 aliphatic carbocycles. The first-order chi connectivity index (χ1) is 11.3. The normalized spacial score (nSPS) is 17.7. The molecule has 6 heteroatoms. The van der Waals surface area contributed by atoms with Gasteiger partial charge in [0.2, 0.25) is 0 Å². The minimum absolute atomic E-state index is 0.191. The SMILES string of the molecule is NC1CCc2c(c(-c3cn[nH]c3)nc3ccc4[nH]ncc4c23)C1. The van der Waals surface area contributed by atoms with Gasteiger partial charge < -0.3 is 5.73 Å². The fraction of sp³-hybridized carbons (Fsp3) is 0.235. The first kappa shape index (κ1) is 12.8. The first-order valence-electron chi connectivity index (χ1n) is 7.83. The Morgan fingerprint density at radius 2 is 2.09 bits per heavy atom. The minimum atomic E-state index is 0.191. The summed E-state index contributed by atoms with van der Waals surface area (Å²) in [6, 6.07) is 4.29. The predicted octanol–water partition coefficient (Wildman–Crippen LogP) is 2.32. The number of hydrogen-bond donors (Lipinski definition) is 3. The number of nitrogens with one attached hydrogen (secondary N) is 2. The monoisotopic (exact) mass is 304 g/mol. The van der Waals surface area contributed by atoms with Gasteiger partial charge in [0.1, 0.15) is 0 Å². The summed E-state index contributed by atoms with van der Waals surface area (Å²) in [5.41, 5.74) is 12.9. The second-order valence-electron chi connectivity index (χ2n) is 6.20. The number of benzene rings is 1. The number of rotatable bonds is 1. The highest BCUT2D eigenvalue weighted by molar-refractivity contribution is 6.07. The maximum absolute atomic E-state index is 6.24. The Labute approximate surface area is 132 Å². The third-order valence-corrected chi connectivity index (χ3v) is 4.79. The Morgan fingerprint density at radius 1 is 1.13 bits per heavy atom. The molecule has 0 bridgehead atoms. The molecule has 1 unspecified atom stereocenters. The molecule has 0 aliphatic heterocycles. The van der Waals surface area contributed by atoms with E-state index < -0.39 is 0 Å². The van der Waals surface area contributed by atoms with Crippen molar-refractivity contribution in [3.05, 3.63) is 41.9 Å². The summed E-state index contributed by atoms with van der Waals surface area (Å²) in [7, 11) is 0. The number of fused-ring (bicyclic) bond motifs is 5.